The minimum Gasteiger partial charge on any atom is -0.481 e. The number of nitrogens with one attached hydrogen (secondary N) is 3. The number of fused-ring (bicyclic) bond motifs is 6. The van der Waals surface area contributed by atoms with Crippen LogP contribution in [0.3, 0.4) is 0 Å². The Balaban J connectivity index is 2.04. The van der Waals surface area contributed by atoms with E-state index in [0.29, 0.717) is 23.9 Å². The maximum Gasteiger partial charge on any atom is 0.303 e. The molecule has 1 aliphatic rings. The first-order chi connectivity index (χ1) is 17.6. The van der Waals surface area contributed by atoms with Gasteiger partial charge in [0, 0.05) is 45.7 Å². The zero-order valence-corrected chi connectivity index (χ0v) is 21.7. The third kappa shape index (κ3) is 4.93. The average molecular weight is 497 g/mol. The lowest BCUT2D eigenvalue weighted by Gasteiger charge is -2.04. The van der Waals surface area contributed by atoms with E-state index in [2.05, 4.69) is 39.7 Å². The molecule has 37 heavy (non-hydrogen) atoms. The second kappa shape index (κ2) is 10.2. The van der Waals surface area contributed by atoms with Crippen molar-refractivity contribution >= 4 is 42.6 Å². The number of aromatic nitrogens is 3. The van der Waals surface area contributed by atoms with Crippen LogP contribution in [0.4, 0.5) is 0 Å². The highest BCUT2D eigenvalue weighted by atomic mass is 16.5. The number of allylic oxidation sites excluding steroid dienone is 1. The van der Waals surface area contributed by atoms with Crippen LogP contribution in [0.2, 0.25) is 0 Å². The molecule has 0 fully saturated rings. The molecule has 7 heteroatoms. The lowest BCUT2D eigenvalue weighted by atomic mass is 10.1. The van der Waals surface area contributed by atoms with E-state index in [1.165, 1.54) is 0 Å². The van der Waals surface area contributed by atoms with Crippen molar-refractivity contribution in [1.82, 2.24) is 15.0 Å². The van der Waals surface area contributed by atoms with Crippen LogP contribution in [-0.4, -0.2) is 32.2 Å². The van der Waals surface area contributed by atoms with Crippen LogP contribution < -0.4 is 15.4 Å². The third-order valence-electron chi connectivity index (χ3n) is 6.70. The van der Waals surface area contributed by atoms with Gasteiger partial charge in [0.2, 0.25) is 11.8 Å². The van der Waals surface area contributed by atoms with Crippen LogP contribution in [-0.2, 0) is 11.2 Å². The van der Waals surface area contributed by atoms with Crippen LogP contribution in [0.1, 0.15) is 58.1 Å². The van der Waals surface area contributed by atoms with E-state index in [1.807, 2.05) is 45.9 Å². The Morgan fingerprint density at radius 3 is 2.32 bits per heavy atom. The lowest BCUT2D eigenvalue weighted by Crippen LogP contribution is -2.13. The number of hydrogen-bond acceptors (Lipinski definition) is 3. The Bertz CT molecular complexity index is 1620. The summed E-state index contributed by atoms with van der Waals surface area (Å²) >= 11 is 0. The van der Waals surface area contributed by atoms with E-state index < -0.39 is 5.97 Å². The predicted molar refractivity (Wildman–Crippen MR) is 151 cm³/mol. The van der Waals surface area contributed by atoms with Gasteiger partial charge >= 0.3 is 5.97 Å². The summed E-state index contributed by atoms with van der Waals surface area (Å²) < 4.78 is 6.35. The first kappa shape index (κ1) is 25.6. The normalized spacial score (nSPS) is 12.7. The van der Waals surface area contributed by atoms with Crippen LogP contribution in [0, 0.1) is 20.8 Å². The number of carboxylic acid groups (broad SMARTS) is 1. The fourth-order valence-corrected chi connectivity index (χ4v) is 4.52. The van der Waals surface area contributed by atoms with Gasteiger partial charge < -0.3 is 24.8 Å². The van der Waals surface area contributed by atoms with Crippen molar-refractivity contribution in [3.05, 3.63) is 86.5 Å². The van der Waals surface area contributed by atoms with Crippen molar-refractivity contribution in [2.75, 3.05) is 0 Å². The maximum absolute atomic E-state index is 11.3. The van der Waals surface area contributed by atoms with Gasteiger partial charge in [-0.3, -0.25) is 9.79 Å². The second-order valence-corrected chi connectivity index (χ2v) is 9.17. The molecule has 0 amide bonds. The van der Waals surface area contributed by atoms with E-state index in [0.717, 1.165) is 61.0 Å². The molecule has 4 heterocycles. The van der Waals surface area contributed by atoms with E-state index in [-0.39, 0.29) is 6.42 Å². The van der Waals surface area contributed by atoms with Gasteiger partial charge in [0.25, 0.3) is 0 Å². The Morgan fingerprint density at radius 1 is 0.973 bits per heavy atom. The van der Waals surface area contributed by atoms with Crippen LogP contribution in [0.15, 0.2) is 36.0 Å². The SMILES string of the molecule is C=Cc1c2[nH]c(c1C)Oc1[nH]c(c(C)c1C=C)C=C(C(=C)C)N=CC=c1[nH]c(c(C)c1CCC(=O)O)=C2. The molecule has 1 aliphatic heterocycles. The highest BCUT2D eigenvalue weighted by Crippen LogP contribution is 2.35. The number of rotatable bonds is 6. The van der Waals surface area contributed by atoms with Gasteiger partial charge in [0.15, 0.2) is 0 Å². The number of carbonyl (C=O) groups is 1. The fourth-order valence-electron chi connectivity index (χ4n) is 4.52. The summed E-state index contributed by atoms with van der Waals surface area (Å²) in [6.07, 6.45) is 11.5. The maximum atomic E-state index is 11.3. The summed E-state index contributed by atoms with van der Waals surface area (Å²) in [5, 5.41) is 11.0. The molecule has 4 N–H and O–H groups in total. The number of nitrogens with zero attached hydrogens (tertiary/aromatic N) is 1. The molecule has 0 spiro atoms. The van der Waals surface area contributed by atoms with Gasteiger partial charge in [-0.15, -0.1) is 0 Å². The third-order valence-corrected chi connectivity index (χ3v) is 6.70. The smallest absolute Gasteiger partial charge is 0.303 e. The van der Waals surface area contributed by atoms with E-state index in [1.54, 1.807) is 18.4 Å². The molecular formula is C30H32N4O3. The molecule has 3 aromatic heterocycles. The Kier molecular flexibility index (Phi) is 7.07. The van der Waals surface area contributed by atoms with E-state index in [4.69, 9.17) is 4.74 Å². The predicted octanol–water partition coefficient (Wildman–Crippen LogP) is 5.30. The van der Waals surface area contributed by atoms with Crippen LogP contribution in [0.25, 0.3) is 30.4 Å². The van der Waals surface area contributed by atoms with E-state index in [9.17, 15) is 9.90 Å². The Morgan fingerprint density at radius 2 is 1.68 bits per heavy atom. The monoisotopic (exact) mass is 496 g/mol. The molecule has 190 valence electrons. The minimum absolute atomic E-state index is 0.0321. The van der Waals surface area contributed by atoms with Crippen molar-refractivity contribution in [1.29, 1.82) is 0 Å². The fraction of sp³-hybridized carbons (Fsp3) is 0.200. The zero-order chi connectivity index (χ0) is 26.9. The van der Waals surface area contributed by atoms with Crippen molar-refractivity contribution in [3.8, 4) is 11.8 Å². The summed E-state index contributed by atoms with van der Waals surface area (Å²) in [5.41, 5.74) is 8.75. The standard InChI is InChI=1S/C30H32N4O3/c1-8-20-19(7)29-34-27(20)15-25-18(6)22(10-11-28(35)36)23(32-25)12-13-31-24(16(3)4)14-26-17(5)21(9-2)30(33-26)37-29/h8-9,12-15,32-34H,1-3,10-11H2,4-7H3,(H,35,36). The first-order valence-electron chi connectivity index (χ1n) is 12.0. The van der Waals surface area contributed by atoms with Crippen LogP contribution in [0.5, 0.6) is 11.8 Å². The Hall–Kier alpha value is -4.52. The van der Waals surface area contributed by atoms with Crippen molar-refractivity contribution in [2.45, 2.75) is 40.5 Å². The molecule has 7 nitrogen and oxygen atoms in total. The molecule has 3 aromatic rings. The second-order valence-electron chi connectivity index (χ2n) is 9.17. The number of ether oxygens (including phenoxy) is 1. The quantitative estimate of drug-likeness (QED) is 0.372. The number of carboxylic acids is 1. The van der Waals surface area contributed by atoms with Gasteiger partial charge in [-0.1, -0.05) is 31.9 Å². The number of aromatic amines is 3. The summed E-state index contributed by atoms with van der Waals surface area (Å²) in [4.78, 5) is 26.2. The Labute approximate surface area is 216 Å². The molecule has 0 radical (unpaired) electrons. The molecule has 0 atom stereocenters. The van der Waals surface area contributed by atoms with Crippen molar-refractivity contribution in [3.63, 3.8) is 0 Å². The molecule has 0 saturated carbocycles. The molecule has 4 rings (SSSR count). The molecule has 6 bridgehead atoms. The van der Waals surface area contributed by atoms with Gasteiger partial charge in [0.1, 0.15) is 0 Å². The summed E-state index contributed by atoms with van der Waals surface area (Å²) in [6, 6.07) is 0. The first-order valence-corrected chi connectivity index (χ1v) is 12.0. The average Bonchev–Trinajstić information content (AvgIpc) is 3.42. The summed E-state index contributed by atoms with van der Waals surface area (Å²) in [6.45, 7) is 19.9. The minimum atomic E-state index is -0.841. The number of aliphatic carboxylic acids is 1. The van der Waals surface area contributed by atoms with Gasteiger partial charge in [-0.2, -0.15) is 0 Å². The summed E-state index contributed by atoms with van der Waals surface area (Å²) in [7, 11) is 0. The topological polar surface area (TPSA) is 106 Å². The highest BCUT2D eigenvalue weighted by Gasteiger charge is 2.18. The van der Waals surface area contributed by atoms with Gasteiger partial charge in [-0.05, 0) is 74.6 Å². The van der Waals surface area contributed by atoms with Gasteiger partial charge in [0.05, 0.1) is 11.4 Å². The van der Waals surface area contributed by atoms with Gasteiger partial charge in [-0.25, -0.2) is 0 Å². The lowest BCUT2D eigenvalue weighted by molar-refractivity contribution is -0.136. The molecular weight excluding hydrogens is 464 g/mol. The van der Waals surface area contributed by atoms with Crippen molar-refractivity contribution in [2.24, 2.45) is 4.99 Å². The van der Waals surface area contributed by atoms with Crippen molar-refractivity contribution < 1.29 is 14.6 Å². The highest BCUT2D eigenvalue weighted by molar-refractivity contribution is 5.92. The molecule has 0 saturated heterocycles. The van der Waals surface area contributed by atoms with Crippen LogP contribution >= 0.6 is 0 Å². The zero-order valence-electron chi connectivity index (χ0n) is 21.7. The number of aliphatic imine (C=N–C) groups is 1. The molecule has 0 aromatic carbocycles. The largest absolute Gasteiger partial charge is 0.481 e. The molecule has 0 unspecified atom stereocenters. The molecule has 0 aliphatic carbocycles. The summed E-state index contributed by atoms with van der Waals surface area (Å²) in [5.74, 6) is 0.323. The van der Waals surface area contributed by atoms with E-state index >= 15 is 0 Å². The number of H-pyrrole nitrogens is 3. The number of hydrogen-bond donors (Lipinski definition) is 4.